The Morgan fingerprint density at radius 1 is 0.514 bits per heavy atom. The average molecular weight is 493 g/mol. The Hall–Kier alpha value is -3.39. The lowest BCUT2D eigenvalue weighted by Crippen LogP contribution is -2.41. The number of rotatable bonds is 8. The van der Waals surface area contributed by atoms with Gasteiger partial charge in [0.1, 0.15) is 11.6 Å². The van der Waals surface area contributed by atoms with E-state index >= 15 is 0 Å². The van der Waals surface area contributed by atoms with E-state index < -0.39 is 33.9 Å². The summed E-state index contributed by atoms with van der Waals surface area (Å²) < 4.78 is 59.5. The molecule has 180 valence electrons. The van der Waals surface area contributed by atoms with Crippen molar-refractivity contribution in [2.24, 2.45) is 0 Å². The van der Waals surface area contributed by atoms with E-state index in [-0.39, 0.29) is 0 Å². The SMILES string of the molecule is Cc1ccc([C@H](NS(=O)(=O)N[C@@H](c2ccc(C)cc2)c2ccc(F)cc2)c2ccc(F)cc2)cc1. The van der Waals surface area contributed by atoms with Gasteiger partial charge in [-0.15, -0.1) is 0 Å². The van der Waals surface area contributed by atoms with E-state index in [1.807, 2.05) is 62.4 Å². The molecule has 0 unspecified atom stereocenters. The number of hydrogen-bond donors (Lipinski definition) is 2. The highest BCUT2D eigenvalue weighted by Gasteiger charge is 2.26. The van der Waals surface area contributed by atoms with Crippen molar-refractivity contribution in [2.45, 2.75) is 25.9 Å². The Labute approximate surface area is 204 Å². The van der Waals surface area contributed by atoms with E-state index in [0.717, 1.165) is 11.1 Å². The molecule has 2 atom stereocenters. The van der Waals surface area contributed by atoms with E-state index in [9.17, 15) is 17.2 Å². The molecule has 2 N–H and O–H groups in total. The van der Waals surface area contributed by atoms with Crippen molar-refractivity contribution in [2.75, 3.05) is 0 Å². The van der Waals surface area contributed by atoms with Crippen LogP contribution in [0.5, 0.6) is 0 Å². The van der Waals surface area contributed by atoms with E-state index in [0.29, 0.717) is 22.3 Å². The minimum atomic E-state index is -4.10. The molecule has 0 aliphatic heterocycles. The monoisotopic (exact) mass is 492 g/mol. The summed E-state index contributed by atoms with van der Waals surface area (Å²) in [6.45, 7) is 3.88. The molecule has 4 aromatic rings. The molecule has 0 aromatic heterocycles. The Morgan fingerprint density at radius 2 is 0.771 bits per heavy atom. The summed E-state index contributed by atoms with van der Waals surface area (Å²) in [5.74, 6) is -0.818. The quantitative estimate of drug-likeness (QED) is 0.323. The first-order chi connectivity index (χ1) is 16.7. The Balaban J connectivity index is 1.69. The predicted molar refractivity (Wildman–Crippen MR) is 134 cm³/mol. The summed E-state index contributed by atoms with van der Waals surface area (Å²) >= 11 is 0. The molecule has 0 saturated carbocycles. The van der Waals surface area contributed by atoms with Gasteiger partial charge in [0.2, 0.25) is 0 Å². The fourth-order valence-electron chi connectivity index (χ4n) is 3.83. The van der Waals surface area contributed by atoms with E-state index in [1.54, 1.807) is 24.3 Å². The Morgan fingerprint density at radius 3 is 1.06 bits per heavy atom. The fourth-order valence-corrected chi connectivity index (χ4v) is 5.06. The topological polar surface area (TPSA) is 58.2 Å². The van der Waals surface area contributed by atoms with E-state index in [2.05, 4.69) is 9.44 Å². The van der Waals surface area contributed by atoms with E-state index in [4.69, 9.17) is 0 Å². The van der Waals surface area contributed by atoms with Crippen LogP contribution in [0.2, 0.25) is 0 Å². The minimum Gasteiger partial charge on any atom is -0.207 e. The van der Waals surface area contributed by atoms with Gasteiger partial charge in [0, 0.05) is 0 Å². The van der Waals surface area contributed by atoms with Crippen LogP contribution in [0.25, 0.3) is 0 Å². The van der Waals surface area contributed by atoms with Gasteiger partial charge < -0.3 is 0 Å². The molecule has 0 bridgehead atoms. The largest absolute Gasteiger partial charge is 0.278 e. The van der Waals surface area contributed by atoms with Gasteiger partial charge in [-0.2, -0.15) is 17.9 Å². The maximum Gasteiger partial charge on any atom is 0.278 e. The summed E-state index contributed by atoms with van der Waals surface area (Å²) in [6, 6.07) is 24.8. The second-order valence-corrected chi connectivity index (χ2v) is 10.0. The van der Waals surface area contributed by atoms with Crippen molar-refractivity contribution in [3.63, 3.8) is 0 Å². The van der Waals surface area contributed by atoms with Crippen LogP contribution in [0, 0.1) is 25.5 Å². The highest BCUT2D eigenvalue weighted by Crippen LogP contribution is 2.27. The first-order valence-corrected chi connectivity index (χ1v) is 12.6. The molecular weight excluding hydrogens is 466 g/mol. The minimum absolute atomic E-state index is 0.409. The fraction of sp³-hybridized carbons (Fsp3) is 0.143. The second kappa shape index (κ2) is 10.5. The van der Waals surface area contributed by atoms with Crippen LogP contribution in [0.3, 0.4) is 0 Å². The lowest BCUT2D eigenvalue weighted by Gasteiger charge is -2.24. The van der Waals surface area contributed by atoms with Crippen LogP contribution < -0.4 is 9.44 Å². The summed E-state index contributed by atoms with van der Waals surface area (Å²) in [7, 11) is -4.10. The first kappa shape index (κ1) is 24.7. The van der Waals surface area contributed by atoms with Crippen molar-refractivity contribution in [3.8, 4) is 0 Å². The molecule has 4 rings (SSSR count). The number of aryl methyl sites for hydroxylation is 2. The lowest BCUT2D eigenvalue weighted by atomic mass is 9.99. The maximum atomic E-state index is 13.6. The predicted octanol–water partition coefficient (Wildman–Crippen LogP) is 5.88. The van der Waals surface area contributed by atoms with Crippen LogP contribution >= 0.6 is 0 Å². The third-order valence-corrected chi connectivity index (χ3v) is 6.87. The van der Waals surface area contributed by atoms with Gasteiger partial charge in [0.05, 0.1) is 12.1 Å². The molecule has 0 heterocycles. The smallest absolute Gasteiger partial charge is 0.207 e. The number of benzene rings is 4. The molecular formula is C28H26F2N2O2S. The third kappa shape index (κ3) is 6.39. The number of nitrogens with one attached hydrogen (secondary N) is 2. The van der Waals surface area contributed by atoms with Crippen LogP contribution in [-0.2, 0) is 10.2 Å². The Bertz CT molecular complexity index is 1180. The van der Waals surface area contributed by atoms with E-state index in [1.165, 1.54) is 24.3 Å². The van der Waals surface area contributed by atoms with Crippen LogP contribution in [0.1, 0.15) is 45.5 Å². The number of hydrogen-bond acceptors (Lipinski definition) is 2. The maximum absolute atomic E-state index is 13.6. The van der Waals surface area contributed by atoms with Gasteiger partial charge in [-0.3, -0.25) is 0 Å². The first-order valence-electron chi connectivity index (χ1n) is 11.1. The molecule has 0 aliphatic carbocycles. The molecule has 35 heavy (non-hydrogen) atoms. The molecule has 0 amide bonds. The summed E-state index contributed by atoms with van der Waals surface area (Å²) in [5, 5.41) is 0. The van der Waals surface area contributed by atoms with Crippen molar-refractivity contribution in [1.29, 1.82) is 0 Å². The van der Waals surface area contributed by atoms with Crippen molar-refractivity contribution >= 4 is 10.2 Å². The van der Waals surface area contributed by atoms with Gasteiger partial charge in [-0.1, -0.05) is 83.9 Å². The standard InChI is InChI=1S/C28H26F2N2O2S/c1-19-3-7-21(8-4-19)27(23-11-15-25(29)16-12-23)31-35(33,34)32-28(22-9-5-20(2)6-10-22)24-13-17-26(30)18-14-24/h3-18,27-28,31-32H,1-2H3/t27-,28-/m0/s1. The zero-order chi connectivity index (χ0) is 25.0. The highest BCUT2D eigenvalue weighted by atomic mass is 32.2. The van der Waals surface area contributed by atoms with Crippen LogP contribution in [0.4, 0.5) is 8.78 Å². The molecule has 4 nitrogen and oxygen atoms in total. The summed E-state index contributed by atoms with van der Waals surface area (Å²) in [6.07, 6.45) is 0. The van der Waals surface area contributed by atoms with Gasteiger partial charge in [-0.25, -0.2) is 8.78 Å². The second-order valence-electron chi connectivity index (χ2n) is 8.53. The lowest BCUT2D eigenvalue weighted by molar-refractivity contribution is 0.547. The van der Waals surface area contributed by atoms with Crippen LogP contribution in [-0.4, -0.2) is 8.42 Å². The van der Waals surface area contributed by atoms with Gasteiger partial charge in [-0.05, 0) is 60.4 Å². The van der Waals surface area contributed by atoms with Gasteiger partial charge >= 0.3 is 0 Å². The zero-order valence-corrected chi connectivity index (χ0v) is 20.2. The third-order valence-electron chi connectivity index (χ3n) is 5.77. The van der Waals surface area contributed by atoms with Crippen LogP contribution in [0.15, 0.2) is 97.1 Å². The number of halogens is 2. The van der Waals surface area contributed by atoms with Crippen molar-refractivity contribution < 1.29 is 17.2 Å². The highest BCUT2D eigenvalue weighted by molar-refractivity contribution is 7.87. The molecule has 0 aliphatic rings. The molecule has 0 radical (unpaired) electrons. The van der Waals surface area contributed by atoms with Crippen molar-refractivity contribution in [3.05, 3.63) is 142 Å². The molecule has 7 heteroatoms. The van der Waals surface area contributed by atoms with Gasteiger partial charge in [0.15, 0.2) is 0 Å². The average Bonchev–Trinajstić information content (AvgIpc) is 2.84. The summed E-state index contributed by atoms with van der Waals surface area (Å²) in [5.41, 5.74) is 4.66. The van der Waals surface area contributed by atoms with Crippen molar-refractivity contribution in [1.82, 2.24) is 9.44 Å². The summed E-state index contributed by atoms with van der Waals surface area (Å²) in [4.78, 5) is 0. The Kier molecular flexibility index (Phi) is 7.40. The zero-order valence-electron chi connectivity index (χ0n) is 19.4. The molecule has 0 saturated heterocycles. The molecule has 0 spiro atoms. The molecule has 4 aromatic carbocycles. The van der Waals surface area contributed by atoms with Gasteiger partial charge in [0.25, 0.3) is 10.2 Å². The normalized spacial score (nSPS) is 13.4. The molecule has 0 fully saturated rings.